The molecule has 0 bridgehead atoms. The first kappa shape index (κ1) is 17.5. The highest BCUT2D eigenvalue weighted by atomic mass is 32.2. The minimum absolute atomic E-state index is 0.451. The third kappa shape index (κ3) is 4.33. The number of nitrogen functional groups attached to an aromatic ring is 1. The van der Waals surface area contributed by atoms with Gasteiger partial charge in [0.15, 0.2) is 0 Å². The van der Waals surface area contributed by atoms with Gasteiger partial charge in [-0.05, 0) is 42.5 Å². The number of benzene rings is 2. The lowest BCUT2D eigenvalue weighted by molar-refractivity contribution is 0.159. The number of nitriles is 1. The molecule has 124 valence electrons. The van der Waals surface area contributed by atoms with Crippen LogP contribution in [0.2, 0.25) is 0 Å². The molecular weight excluding hydrogens is 324 g/mol. The van der Waals surface area contributed by atoms with Crippen molar-refractivity contribution in [3.8, 4) is 6.26 Å². The summed E-state index contributed by atoms with van der Waals surface area (Å²) in [7, 11) is 0. The number of carbonyl (C=O) groups is 1. The van der Waals surface area contributed by atoms with Crippen molar-refractivity contribution in [1.82, 2.24) is 5.48 Å². The van der Waals surface area contributed by atoms with Gasteiger partial charge in [-0.15, -0.1) is 17.0 Å². The lowest BCUT2D eigenvalue weighted by Gasteiger charge is -2.24. The Bertz CT molecular complexity index is 731. The quantitative estimate of drug-likeness (QED) is 0.358. The van der Waals surface area contributed by atoms with Crippen LogP contribution in [0, 0.1) is 11.5 Å². The SMILES string of the molecule is CCCSc1ccc(N)c(N(C(=O)NOC#N)c2ccccc2)c1. The molecule has 3 N–H and O–H groups in total. The first-order valence-electron chi connectivity index (χ1n) is 7.39. The van der Waals surface area contributed by atoms with Gasteiger partial charge in [-0.25, -0.2) is 4.79 Å². The van der Waals surface area contributed by atoms with E-state index in [4.69, 9.17) is 11.0 Å². The fourth-order valence-corrected chi connectivity index (χ4v) is 2.88. The molecular formula is C17H18N4O2S. The Balaban J connectivity index is 2.43. The first-order valence-corrected chi connectivity index (χ1v) is 8.38. The Kier molecular flexibility index (Phi) is 6.34. The number of carbonyl (C=O) groups excluding carboxylic acids is 1. The summed E-state index contributed by atoms with van der Waals surface area (Å²) in [6.45, 7) is 2.11. The molecule has 0 unspecified atom stereocenters. The number of hydrogen-bond acceptors (Lipinski definition) is 5. The van der Waals surface area contributed by atoms with E-state index in [1.807, 2.05) is 30.3 Å². The Morgan fingerprint density at radius 3 is 2.75 bits per heavy atom. The average molecular weight is 342 g/mol. The molecule has 0 aliphatic rings. The van der Waals surface area contributed by atoms with Gasteiger partial charge in [0.2, 0.25) is 0 Å². The molecule has 0 saturated carbocycles. The number of anilines is 3. The fraction of sp³-hybridized carbons (Fsp3) is 0.176. The highest BCUT2D eigenvalue weighted by Gasteiger charge is 2.21. The lowest BCUT2D eigenvalue weighted by Crippen LogP contribution is -2.36. The molecule has 7 heteroatoms. The molecule has 6 nitrogen and oxygen atoms in total. The molecule has 0 fully saturated rings. The molecule has 0 atom stereocenters. The minimum Gasteiger partial charge on any atom is -0.397 e. The van der Waals surface area contributed by atoms with Gasteiger partial charge in [0.1, 0.15) is 0 Å². The van der Waals surface area contributed by atoms with Gasteiger partial charge in [-0.1, -0.05) is 25.1 Å². The molecule has 2 amide bonds. The van der Waals surface area contributed by atoms with Crippen molar-refractivity contribution in [3.05, 3.63) is 48.5 Å². The van der Waals surface area contributed by atoms with Crippen LogP contribution in [0.4, 0.5) is 21.9 Å². The zero-order valence-corrected chi connectivity index (χ0v) is 14.0. The number of para-hydroxylation sites is 1. The maximum Gasteiger partial charge on any atom is 0.360 e. The summed E-state index contributed by atoms with van der Waals surface area (Å²) in [6.07, 6.45) is 2.46. The Labute approximate surface area is 145 Å². The van der Waals surface area contributed by atoms with Crippen LogP contribution in [0.5, 0.6) is 0 Å². The molecule has 0 saturated heterocycles. The van der Waals surface area contributed by atoms with Crippen LogP contribution >= 0.6 is 11.8 Å². The van der Waals surface area contributed by atoms with E-state index >= 15 is 0 Å². The van der Waals surface area contributed by atoms with Crippen molar-refractivity contribution < 1.29 is 9.63 Å². The highest BCUT2D eigenvalue weighted by Crippen LogP contribution is 2.34. The second kappa shape index (κ2) is 8.70. The van der Waals surface area contributed by atoms with Crippen LogP contribution < -0.4 is 16.1 Å². The zero-order chi connectivity index (χ0) is 17.4. The summed E-state index contributed by atoms with van der Waals surface area (Å²) < 4.78 is 0. The van der Waals surface area contributed by atoms with Crippen LogP contribution in [0.25, 0.3) is 0 Å². The molecule has 24 heavy (non-hydrogen) atoms. The maximum atomic E-state index is 12.5. The zero-order valence-electron chi connectivity index (χ0n) is 13.2. The number of amides is 2. The number of rotatable bonds is 6. The number of urea groups is 1. The van der Waals surface area contributed by atoms with E-state index in [9.17, 15) is 4.79 Å². The highest BCUT2D eigenvalue weighted by molar-refractivity contribution is 7.99. The van der Waals surface area contributed by atoms with Crippen LogP contribution in [-0.4, -0.2) is 11.8 Å². The van der Waals surface area contributed by atoms with Gasteiger partial charge in [0.25, 0.3) is 0 Å². The van der Waals surface area contributed by atoms with Crippen molar-refractivity contribution in [2.45, 2.75) is 18.2 Å². The van der Waals surface area contributed by atoms with E-state index in [2.05, 4.69) is 17.2 Å². The number of nitrogens with zero attached hydrogens (tertiary/aromatic N) is 2. The molecule has 2 rings (SSSR count). The molecule has 0 aromatic heterocycles. The summed E-state index contributed by atoms with van der Waals surface area (Å²) in [5.41, 5.74) is 9.76. The lowest BCUT2D eigenvalue weighted by atomic mass is 10.2. The smallest absolute Gasteiger partial charge is 0.360 e. The van der Waals surface area contributed by atoms with Gasteiger partial charge in [0.05, 0.1) is 17.1 Å². The van der Waals surface area contributed by atoms with Crippen molar-refractivity contribution >= 4 is 34.9 Å². The Morgan fingerprint density at radius 2 is 2.08 bits per heavy atom. The molecule has 2 aromatic rings. The summed E-state index contributed by atoms with van der Waals surface area (Å²) in [5.74, 6) is 0.971. The second-order valence-corrected chi connectivity index (χ2v) is 6.01. The third-order valence-corrected chi connectivity index (χ3v) is 4.32. The van der Waals surface area contributed by atoms with Gasteiger partial charge in [-0.2, -0.15) is 5.48 Å². The number of thioether (sulfide) groups is 1. The van der Waals surface area contributed by atoms with Crippen molar-refractivity contribution in [1.29, 1.82) is 5.26 Å². The maximum absolute atomic E-state index is 12.5. The van der Waals surface area contributed by atoms with E-state index in [1.165, 1.54) is 11.2 Å². The van der Waals surface area contributed by atoms with Gasteiger partial charge in [0, 0.05) is 4.90 Å². The standard InChI is InChI=1S/C17H18N4O2S/c1-2-10-24-14-8-9-15(19)16(11-14)21(17(22)20-23-12-18)13-6-4-3-5-7-13/h3-9,11H,2,10,19H2,1H3,(H,20,22). The molecule has 0 spiro atoms. The van der Waals surface area contributed by atoms with Gasteiger partial charge < -0.3 is 5.73 Å². The minimum atomic E-state index is -0.605. The van der Waals surface area contributed by atoms with Crippen molar-refractivity contribution in [3.63, 3.8) is 0 Å². The predicted octanol–water partition coefficient (Wildman–Crippen LogP) is 4.03. The molecule has 0 aliphatic carbocycles. The van der Waals surface area contributed by atoms with Crippen LogP contribution in [0.3, 0.4) is 0 Å². The fourth-order valence-electron chi connectivity index (χ4n) is 2.08. The van der Waals surface area contributed by atoms with Crippen molar-refractivity contribution in [2.75, 3.05) is 16.4 Å². The monoisotopic (exact) mass is 342 g/mol. The number of nitrogens with two attached hydrogens (primary N) is 1. The number of hydroxylamine groups is 1. The molecule has 2 aromatic carbocycles. The number of hydrogen-bond donors (Lipinski definition) is 2. The summed E-state index contributed by atoms with van der Waals surface area (Å²) in [5, 5.41) is 8.50. The average Bonchev–Trinajstić information content (AvgIpc) is 2.61. The summed E-state index contributed by atoms with van der Waals surface area (Å²) in [4.78, 5) is 19.2. The van der Waals surface area contributed by atoms with Crippen LogP contribution in [-0.2, 0) is 4.84 Å². The van der Waals surface area contributed by atoms with Crippen LogP contribution in [0.15, 0.2) is 53.4 Å². The van der Waals surface area contributed by atoms with Crippen LogP contribution in [0.1, 0.15) is 13.3 Å². The van der Waals surface area contributed by atoms with E-state index in [1.54, 1.807) is 30.0 Å². The predicted molar refractivity (Wildman–Crippen MR) is 95.7 cm³/mol. The van der Waals surface area contributed by atoms with E-state index in [0.29, 0.717) is 17.1 Å². The molecule has 0 radical (unpaired) electrons. The Hall–Kier alpha value is -2.85. The first-order chi connectivity index (χ1) is 11.7. The largest absolute Gasteiger partial charge is 0.397 e. The van der Waals surface area contributed by atoms with E-state index < -0.39 is 6.03 Å². The van der Waals surface area contributed by atoms with Gasteiger partial charge >= 0.3 is 12.3 Å². The summed E-state index contributed by atoms with van der Waals surface area (Å²) in [6, 6.07) is 14.0. The Morgan fingerprint density at radius 1 is 1.33 bits per heavy atom. The van der Waals surface area contributed by atoms with E-state index in [-0.39, 0.29) is 0 Å². The van der Waals surface area contributed by atoms with E-state index in [0.717, 1.165) is 17.1 Å². The second-order valence-electron chi connectivity index (χ2n) is 4.84. The number of nitrogens with one attached hydrogen (secondary N) is 1. The normalized spacial score (nSPS) is 9.83. The topological polar surface area (TPSA) is 91.4 Å². The molecule has 0 heterocycles. The van der Waals surface area contributed by atoms with Crippen molar-refractivity contribution in [2.24, 2.45) is 0 Å². The summed E-state index contributed by atoms with van der Waals surface area (Å²) >= 11 is 1.69. The van der Waals surface area contributed by atoms with Gasteiger partial charge in [-0.3, -0.25) is 9.74 Å². The molecule has 0 aliphatic heterocycles. The third-order valence-electron chi connectivity index (χ3n) is 3.12.